The molecule has 5 heteroatoms. The lowest BCUT2D eigenvalue weighted by Crippen LogP contribution is -2.46. The molecule has 2 rings (SSSR count). The highest BCUT2D eigenvalue weighted by Gasteiger charge is 2.36. The molecule has 1 fully saturated rings. The predicted molar refractivity (Wildman–Crippen MR) is 69.9 cm³/mol. The summed E-state index contributed by atoms with van der Waals surface area (Å²) in [7, 11) is 1.81. The van der Waals surface area contributed by atoms with Gasteiger partial charge in [0.15, 0.2) is 0 Å². The van der Waals surface area contributed by atoms with Gasteiger partial charge in [-0.05, 0) is 44.9 Å². The zero-order chi connectivity index (χ0) is 13.7. The Morgan fingerprint density at radius 2 is 2.32 bits per heavy atom. The van der Waals surface area contributed by atoms with Gasteiger partial charge in [-0.25, -0.2) is 0 Å². The second kappa shape index (κ2) is 5.89. The van der Waals surface area contributed by atoms with Gasteiger partial charge in [-0.2, -0.15) is 5.26 Å². The molecule has 0 aliphatic heterocycles. The third-order valence-corrected chi connectivity index (χ3v) is 3.92. The smallest absolute Gasteiger partial charge is 0.223 e. The standard InChI is InChI=1S/C14H19N3O2/c1-16-14(10-15)6-4-11(5-7-14)13(18)17-9-12-3-2-8-19-12/h2-3,8,11,16H,4-7,9H2,1H3,(H,17,18). The van der Waals surface area contributed by atoms with Gasteiger partial charge in [-0.15, -0.1) is 0 Å². The first kappa shape index (κ1) is 13.6. The van der Waals surface area contributed by atoms with Gasteiger partial charge in [-0.3, -0.25) is 4.79 Å². The summed E-state index contributed by atoms with van der Waals surface area (Å²) >= 11 is 0. The first-order valence-corrected chi connectivity index (χ1v) is 6.59. The molecule has 1 aliphatic rings. The maximum atomic E-state index is 12.0. The first-order chi connectivity index (χ1) is 9.19. The Morgan fingerprint density at radius 1 is 1.58 bits per heavy atom. The number of carbonyl (C=O) groups is 1. The highest BCUT2D eigenvalue weighted by atomic mass is 16.3. The SMILES string of the molecule is CNC1(C#N)CCC(C(=O)NCc2ccco2)CC1. The maximum Gasteiger partial charge on any atom is 0.223 e. The minimum Gasteiger partial charge on any atom is -0.467 e. The number of amides is 1. The van der Waals surface area contributed by atoms with E-state index in [1.54, 1.807) is 19.4 Å². The van der Waals surface area contributed by atoms with Crippen molar-refractivity contribution >= 4 is 5.91 Å². The fourth-order valence-electron chi connectivity index (χ4n) is 2.52. The lowest BCUT2D eigenvalue weighted by Gasteiger charge is -2.33. The van der Waals surface area contributed by atoms with Crippen LogP contribution in [0.1, 0.15) is 31.4 Å². The Labute approximate surface area is 113 Å². The monoisotopic (exact) mass is 261 g/mol. The highest BCUT2D eigenvalue weighted by molar-refractivity contribution is 5.78. The van der Waals surface area contributed by atoms with Crippen LogP contribution in [0.15, 0.2) is 22.8 Å². The third kappa shape index (κ3) is 3.15. The summed E-state index contributed by atoms with van der Waals surface area (Å²) < 4.78 is 5.17. The third-order valence-electron chi connectivity index (χ3n) is 3.92. The minimum atomic E-state index is -0.447. The molecule has 1 aliphatic carbocycles. The van der Waals surface area contributed by atoms with Crippen LogP contribution in [-0.4, -0.2) is 18.5 Å². The lowest BCUT2D eigenvalue weighted by atomic mass is 9.77. The molecule has 1 amide bonds. The molecule has 0 aromatic carbocycles. The summed E-state index contributed by atoms with van der Waals surface area (Å²) in [6.07, 6.45) is 4.53. The summed E-state index contributed by atoms with van der Waals surface area (Å²) in [5.74, 6) is 0.814. The van der Waals surface area contributed by atoms with Gasteiger partial charge < -0.3 is 15.1 Å². The van der Waals surface area contributed by atoms with Gasteiger partial charge in [0.05, 0.1) is 18.9 Å². The van der Waals surface area contributed by atoms with Crippen molar-refractivity contribution in [1.29, 1.82) is 5.26 Å². The predicted octanol–water partition coefficient (Wildman–Crippen LogP) is 1.57. The van der Waals surface area contributed by atoms with Crippen molar-refractivity contribution in [1.82, 2.24) is 10.6 Å². The zero-order valence-electron chi connectivity index (χ0n) is 11.1. The van der Waals surface area contributed by atoms with Crippen LogP contribution >= 0.6 is 0 Å². The average Bonchev–Trinajstić information content (AvgIpc) is 2.98. The average molecular weight is 261 g/mol. The van der Waals surface area contributed by atoms with E-state index in [4.69, 9.17) is 9.68 Å². The number of nitriles is 1. The second-order valence-electron chi connectivity index (χ2n) is 5.02. The normalized spacial score (nSPS) is 26.6. The zero-order valence-corrected chi connectivity index (χ0v) is 11.1. The fourth-order valence-corrected chi connectivity index (χ4v) is 2.52. The van der Waals surface area contributed by atoms with Crippen LogP contribution in [0.4, 0.5) is 0 Å². The Balaban J connectivity index is 1.81. The number of nitrogens with one attached hydrogen (secondary N) is 2. The van der Waals surface area contributed by atoms with E-state index in [-0.39, 0.29) is 11.8 Å². The van der Waals surface area contributed by atoms with Gasteiger partial charge in [0.25, 0.3) is 0 Å². The Bertz CT molecular complexity index is 454. The Kier molecular flexibility index (Phi) is 4.23. The van der Waals surface area contributed by atoms with Crippen LogP contribution in [0.3, 0.4) is 0 Å². The van der Waals surface area contributed by atoms with E-state index < -0.39 is 5.54 Å². The van der Waals surface area contributed by atoms with Crippen molar-refractivity contribution in [2.75, 3.05) is 7.05 Å². The molecule has 0 unspecified atom stereocenters. The first-order valence-electron chi connectivity index (χ1n) is 6.59. The molecule has 2 N–H and O–H groups in total. The van der Waals surface area contributed by atoms with Gasteiger partial charge in [0.2, 0.25) is 5.91 Å². The number of hydrogen-bond acceptors (Lipinski definition) is 4. The molecule has 0 saturated heterocycles. The van der Waals surface area contributed by atoms with E-state index in [0.29, 0.717) is 6.54 Å². The number of nitrogens with zero attached hydrogens (tertiary/aromatic N) is 1. The van der Waals surface area contributed by atoms with Crippen molar-refractivity contribution in [3.05, 3.63) is 24.2 Å². The van der Waals surface area contributed by atoms with Crippen LogP contribution in [-0.2, 0) is 11.3 Å². The largest absolute Gasteiger partial charge is 0.467 e. The number of carbonyl (C=O) groups excluding carboxylic acids is 1. The number of furan rings is 1. The van der Waals surface area contributed by atoms with Crippen molar-refractivity contribution in [3.63, 3.8) is 0 Å². The van der Waals surface area contributed by atoms with Gasteiger partial charge >= 0.3 is 0 Å². The molecule has 5 nitrogen and oxygen atoms in total. The molecule has 1 aromatic rings. The van der Waals surface area contributed by atoms with Gasteiger partial charge in [-0.1, -0.05) is 0 Å². The molecule has 19 heavy (non-hydrogen) atoms. The summed E-state index contributed by atoms with van der Waals surface area (Å²) in [5, 5.41) is 15.1. The fraction of sp³-hybridized carbons (Fsp3) is 0.571. The van der Waals surface area contributed by atoms with Crippen LogP contribution < -0.4 is 10.6 Å². The summed E-state index contributed by atoms with van der Waals surface area (Å²) in [4.78, 5) is 12.0. The summed E-state index contributed by atoms with van der Waals surface area (Å²) in [6, 6.07) is 5.96. The molecule has 1 aromatic heterocycles. The molecular weight excluding hydrogens is 242 g/mol. The summed E-state index contributed by atoms with van der Waals surface area (Å²) in [6.45, 7) is 0.428. The van der Waals surface area contributed by atoms with E-state index in [2.05, 4.69) is 16.7 Å². The Morgan fingerprint density at radius 3 is 2.84 bits per heavy atom. The molecule has 0 radical (unpaired) electrons. The van der Waals surface area contributed by atoms with Crippen molar-refractivity contribution < 1.29 is 9.21 Å². The van der Waals surface area contributed by atoms with Crippen LogP contribution in [0, 0.1) is 17.2 Å². The highest BCUT2D eigenvalue weighted by Crippen LogP contribution is 2.31. The molecule has 0 atom stereocenters. The molecule has 1 heterocycles. The number of hydrogen-bond donors (Lipinski definition) is 2. The maximum absolute atomic E-state index is 12.0. The van der Waals surface area contributed by atoms with Crippen LogP contribution in [0.25, 0.3) is 0 Å². The van der Waals surface area contributed by atoms with E-state index in [0.717, 1.165) is 31.4 Å². The second-order valence-corrected chi connectivity index (χ2v) is 5.02. The molecular formula is C14H19N3O2. The lowest BCUT2D eigenvalue weighted by molar-refractivity contribution is -0.126. The molecule has 102 valence electrons. The van der Waals surface area contributed by atoms with E-state index in [1.807, 2.05) is 6.07 Å². The van der Waals surface area contributed by atoms with Crippen molar-refractivity contribution in [3.8, 4) is 6.07 Å². The van der Waals surface area contributed by atoms with E-state index in [1.165, 1.54) is 0 Å². The quantitative estimate of drug-likeness (QED) is 0.862. The van der Waals surface area contributed by atoms with Crippen molar-refractivity contribution in [2.24, 2.45) is 5.92 Å². The van der Waals surface area contributed by atoms with E-state index >= 15 is 0 Å². The molecule has 1 saturated carbocycles. The van der Waals surface area contributed by atoms with Crippen LogP contribution in [0.5, 0.6) is 0 Å². The molecule has 0 spiro atoms. The topological polar surface area (TPSA) is 78.1 Å². The van der Waals surface area contributed by atoms with Gasteiger partial charge in [0, 0.05) is 5.92 Å². The van der Waals surface area contributed by atoms with E-state index in [9.17, 15) is 4.79 Å². The minimum absolute atomic E-state index is 0.00443. The Hall–Kier alpha value is -1.80. The summed E-state index contributed by atoms with van der Waals surface area (Å²) in [5.41, 5.74) is -0.447. The molecule has 0 bridgehead atoms. The number of rotatable bonds is 4. The van der Waals surface area contributed by atoms with Crippen molar-refractivity contribution in [2.45, 2.75) is 37.8 Å². The van der Waals surface area contributed by atoms with Gasteiger partial charge in [0.1, 0.15) is 11.3 Å². The van der Waals surface area contributed by atoms with Crippen LogP contribution in [0.2, 0.25) is 0 Å².